The van der Waals surface area contributed by atoms with Gasteiger partial charge in [-0.05, 0) is 25.0 Å². The highest BCUT2D eigenvalue weighted by molar-refractivity contribution is 5.79. The number of hydrogen-bond acceptors (Lipinski definition) is 4. The van der Waals surface area contributed by atoms with Crippen LogP contribution in [0.3, 0.4) is 0 Å². The van der Waals surface area contributed by atoms with Crippen LogP contribution in [0, 0.1) is 23.4 Å². The van der Waals surface area contributed by atoms with Crippen LogP contribution in [-0.4, -0.2) is 22.0 Å². The molecule has 214 valence electrons. The second-order valence-electron chi connectivity index (χ2n) is 8.99. The number of carbonyl (C=O) groups excluding carboxylic acids is 1. The molecule has 3 aromatic rings. The van der Waals surface area contributed by atoms with Gasteiger partial charge in [0.15, 0.2) is 5.69 Å². The third kappa shape index (κ3) is 6.46. The number of carbonyl (C=O) groups is 1. The molecular weight excluding hydrogens is 561 g/mol. The molecule has 0 atom stereocenters. The van der Waals surface area contributed by atoms with Gasteiger partial charge >= 0.3 is 12.4 Å². The third-order valence-corrected chi connectivity index (χ3v) is 6.20. The first-order chi connectivity index (χ1) is 18.6. The van der Waals surface area contributed by atoms with Gasteiger partial charge in [-0.25, -0.2) is 18.2 Å². The van der Waals surface area contributed by atoms with Crippen LogP contribution in [0.2, 0.25) is 0 Å². The molecule has 1 aliphatic carbocycles. The summed E-state index contributed by atoms with van der Waals surface area (Å²) in [5.74, 6) is -5.67. The predicted molar refractivity (Wildman–Crippen MR) is 120 cm³/mol. The minimum atomic E-state index is -5.22. The maximum Gasteiger partial charge on any atom is 0.433 e. The van der Waals surface area contributed by atoms with E-state index in [0.29, 0.717) is 18.2 Å². The minimum absolute atomic E-state index is 0.0184. The van der Waals surface area contributed by atoms with E-state index < -0.39 is 88.0 Å². The molecule has 4 rings (SSSR count). The van der Waals surface area contributed by atoms with E-state index in [-0.39, 0.29) is 31.1 Å². The number of H-pyrrole nitrogens is 1. The lowest BCUT2D eigenvalue weighted by molar-refractivity contribution is -0.141. The van der Waals surface area contributed by atoms with Gasteiger partial charge in [0.05, 0.1) is 23.8 Å². The Bertz CT molecular complexity index is 1480. The van der Waals surface area contributed by atoms with Gasteiger partial charge in [-0.1, -0.05) is 12.1 Å². The molecule has 15 heteroatoms. The van der Waals surface area contributed by atoms with Gasteiger partial charge in [-0.15, -0.1) is 0 Å². The van der Waals surface area contributed by atoms with Gasteiger partial charge in [-0.2, -0.15) is 26.3 Å². The Kier molecular flexibility index (Phi) is 7.97. The normalized spacial score (nSPS) is 17.4. The molecule has 0 radical (unpaired) electrons. The number of alkyl halides is 6. The van der Waals surface area contributed by atoms with E-state index in [1.54, 1.807) is 4.98 Å². The van der Waals surface area contributed by atoms with Gasteiger partial charge in [0.1, 0.15) is 23.3 Å². The molecule has 0 unspecified atom stereocenters. The smallest absolute Gasteiger partial charge is 0.373 e. The van der Waals surface area contributed by atoms with Crippen molar-refractivity contribution < 1.29 is 49.0 Å². The summed E-state index contributed by atoms with van der Waals surface area (Å²) in [6.45, 7) is -0.794. The monoisotopic (exact) mass is 579 g/mol. The molecular formula is C25H18F9N3O3. The zero-order valence-electron chi connectivity index (χ0n) is 20.0. The Morgan fingerprint density at radius 1 is 0.975 bits per heavy atom. The van der Waals surface area contributed by atoms with Crippen molar-refractivity contribution in [3.05, 3.63) is 86.6 Å². The second kappa shape index (κ2) is 10.9. The molecule has 2 N–H and O–H groups in total. The topological polar surface area (TPSA) is 84.1 Å². The van der Waals surface area contributed by atoms with Crippen molar-refractivity contribution in [2.75, 3.05) is 0 Å². The van der Waals surface area contributed by atoms with Crippen LogP contribution in [0.15, 0.2) is 41.2 Å². The first-order valence-corrected chi connectivity index (χ1v) is 11.5. The van der Waals surface area contributed by atoms with Crippen molar-refractivity contribution >= 4 is 5.91 Å². The standard InChI is InChI=1S/C25H18F9N3O3/c26-14-3-1-12(17(27)7-14)10-40-15-5-13(6-15)23(39)35-9-11-2-4-16(24(29,30)31)20(21(11)28)22-36-18(25(32,33)34)8-19(38)37-22/h1-4,7-8,13,15H,5-6,9-10H2,(H,35,39)(H,36,37,38). The van der Waals surface area contributed by atoms with Crippen LogP contribution in [0.25, 0.3) is 11.4 Å². The van der Waals surface area contributed by atoms with Crippen molar-refractivity contribution in [2.45, 2.75) is 44.4 Å². The van der Waals surface area contributed by atoms with Gasteiger partial charge < -0.3 is 15.0 Å². The number of benzene rings is 2. The summed E-state index contributed by atoms with van der Waals surface area (Å²) in [7, 11) is 0. The minimum Gasteiger partial charge on any atom is -0.373 e. The van der Waals surface area contributed by atoms with Crippen LogP contribution in [0.4, 0.5) is 39.5 Å². The van der Waals surface area contributed by atoms with Gasteiger partial charge in [0.2, 0.25) is 5.91 Å². The zero-order valence-corrected chi connectivity index (χ0v) is 20.0. The van der Waals surface area contributed by atoms with E-state index in [9.17, 15) is 44.7 Å². The van der Waals surface area contributed by atoms with Crippen LogP contribution in [0.1, 0.15) is 35.2 Å². The molecule has 40 heavy (non-hydrogen) atoms. The molecule has 1 fully saturated rings. The highest BCUT2D eigenvalue weighted by Crippen LogP contribution is 2.39. The molecule has 1 heterocycles. The first-order valence-electron chi connectivity index (χ1n) is 11.5. The Morgan fingerprint density at radius 3 is 2.27 bits per heavy atom. The highest BCUT2D eigenvalue weighted by Gasteiger charge is 2.39. The summed E-state index contributed by atoms with van der Waals surface area (Å²) < 4.78 is 127. The zero-order chi connectivity index (χ0) is 29.4. The fourth-order valence-corrected chi connectivity index (χ4v) is 4.03. The van der Waals surface area contributed by atoms with E-state index in [4.69, 9.17) is 4.74 Å². The molecule has 0 saturated heterocycles. The molecule has 6 nitrogen and oxygen atoms in total. The second-order valence-corrected chi connectivity index (χ2v) is 8.99. The number of nitrogens with one attached hydrogen (secondary N) is 2. The average molecular weight is 579 g/mol. The molecule has 1 aliphatic rings. The van der Waals surface area contributed by atoms with Crippen LogP contribution >= 0.6 is 0 Å². The highest BCUT2D eigenvalue weighted by atomic mass is 19.4. The maximum atomic E-state index is 15.3. The van der Waals surface area contributed by atoms with Crippen molar-refractivity contribution in [1.29, 1.82) is 0 Å². The maximum absolute atomic E-state index is 15.3. The number of amides is 1. The van der Waals surface area contributed by atoms with E-state index in [0.717, 1.165) is 6.07 Å². The summed E-state index contributed by atoms with van der Waals surface area (Å²) in [4.78, 5) is 28.8. The molecule has 0 aliphatic heterocycles. The number of aromatic nitrogens is 2. The number of halogens is 9. The number of rotatable bonds is 7. The molecule has 0 bridgehead atoms. The van der Waals surface area contributed by atoms with Crippen molar-refractivity contribution in [2.24, 2.45) is 5.92 Å². The Balaban J connectivity index is 1.45. The lowest BCUT2D eigenvalue weighted by Gasteiger charge is -2.34. The number of hydrogen-bond donors (Lipinski definition) is 2. The average Bonchev–Trinajstić information content (AvgIpc) is 2.81. The lowest BCUT2D eigenvalue weighted by Crippen LogP contribution is -2.42. The summed E-state index contributed by atoms with van der Waals surface area (Å²) in [6, 6.07) is 4.10. The summed E-state index contributed by atoms with van der Waals surface area (Å²) in [5, 5.41) is 2.35. The molecule has 1 saturated carbocycles. The quantitative estimate of drug-likeness (QED) is 0.362. The van der Waals surface area contributed by atoms with Crippen molar-refractivity contribution in [3.8, 4) is 11.4 Å². The van der Waals surface area contributed by atoms with Crippen LogP contribution in [-0.2, 0) is 35.0 Å². The first kappa shape index (κ1) is 29.1. The fourth-order valence-electron chi connectivity index (χ4n) is 4.03. The lowest BCUT2D eigenvalue weighted by atomic mass is 9.81. The SMILES string of the molecule is O=C(NCc1ccc(C(F)(F)F)c(-c2nc(C(F)(F)F)cc(=O)[nH]2)c1F)C1CC(OCc2ccc(F)cc2F)C1. The Morgan fingerprint density at radius 2 is 1.65 bits per heavy atom. The van der Waals surface area contributed by atoms with E-state index in [2.05, 4.69) is 10.3 Å². The fraction of sp³-hybridized carbons (Fsp3) is 0.320. The number of ether oxygens (including phenoxy) is 1. The van der Waals surface area contributed by atoms with Gasteiger partial charge in [0, 0.05) is 35.7 Å². The van der Waals surface area contributed by atoms with Gasteiger partial charge in [-0.3, -0.25) is 9.59 Å². The summed E-state index contributed by atoms with van der Waals surface area (Å²) in [6.07, 6.45) is -10.4. The van der Waals surface area contributed by atoms with E-state index in [1.165, 1.54) is 6.07 Å². The molecule has 1 amide bonds. The number of nitrogens with zero attached hydrogens (tertiary/aromatic N) is 1. The van der Waals surface area contributed by atoms with Gasteiger partial charge in [0.25, 0.3) is 5.56 Å². The Hall–Kier alpha value is -3.88. The summed E-state index contributed by atoms with van der Waals surface area (Å²) in [5.41, 5.74) is -6.75. The molecule has 0 spiro atoms. The van der Waals surface area contributed by atoms with E-state index >= 15 is 4.39 Å². The van der Waals surface area contributed by atoms with Crippen LogP contribution < -0.4 is 10.9 Å². The Labute approximate surface area is 219 Å². The van der Waals surface area contributed by atoms with E-state index in [1.807, 2.05) is 0 Å². The van der Waals surface area contributed by atoms with Crippen LogP contribution in [0.5, 0.6) is 0 Å². The van der Waals surface area contributed by atoms with Crippen molar-refractivity contribution in [3.63, 3.8) is 0 Å². The largest absolute Gasteiger partial charge is 0.433 e. The summed E-state index contributed by atoms with van der Waals surface area (Å²) >= 11 is 0. The number of aromatic amines is 1. The predicted octanol–water partition coefficient (Wildman–Crippen LogP) is 5.50. The third-order valence-electron chi connectivity index (χ3n) is 6.20. The molecule has 1 aromatic heterocycles. The molecule has 2 aromatic carbocycles. The van der Waals surface area contributed by atoms with Crippen molar-refractivity contribution in [1.82, 2.24) is 15.3 Å².